The third-order valence-corrected chi connectivity index (χ3v) is 5.03. The minimum Gasteiger partial charge on any atom is -0.276 e. The van der Waals surface area contributed by atoms with Crippen LogP contribution >= 0.6 is 0 Å². The number of hydrogen-bond acceptors (Lipinski definition) is 6. The van der Waals surface area contributed by atoms with Crippen LogP contribution < -0.4 is 10.2 Å². The molecule has 8 nitrogen and oxygen atoms in total. The molecule has 1 fully saturated rings. The Kier molecular flexibility index (Phi) is 6.17. The van der Waals surface area contributed by atoms with Gasteiger partial charge in [0.05, 0.1) is 22.7 Å². The monoisotopic (exact) mass is 439 g/mol. The van der Waals surface area contributed by atoms with Crippen LogP contribution in [-0.2, 0) is 9.59 Å². The first-order chi connectivity index (χ1) is 15.9. The lowest BCUT2D eigenvalue weighted by Gasteiger charge is -2.28. The van der Waals surface area contributed by atoms with Crippen LogP contribution in [0.1, 0.15) is 11.1 Å². The van der Waals surface area contributed by atoms with E-state index in [2.05, 4.69) is 20.5 Å². The Bertz CT molecular complexity index is 1250. The van der Waals surface area contributed by atoms with Crippen molar-refractivity contribution in [1.82, 2.24) is 5.32 Å². The largest absolute Gasteiger partial charge is 0.335 e. The van der Waals surface area contributed by atoms with Crippen LogP contribution in [0, 0.1) is 19.8 Å². The zero-order valence-corrected chi connectivity index (χ0v) is 18.1. The first kappa shape index (κ1) is 21.8. The molecule has 0 aliphatic carbocycles. The molecule has 0 bridgehead atoms. The maximum Gasteiger partial charge on any atom is 0.335 e. The number of rotatable bonds is 5. The molecular formula is C25H21N5O3. The van der Waals surface area contributed by atoms with Crippen molar-refractivity contribution < 1.29 is 14.4 Å². The summed E-state index contributed by atoms with van der Waals surface area (Å²) in [4.78, 5) is 42.6. The minimum absolute atomic E-state index is 0.386. The Labute approximate surface area is 190 Å². The zero-order chi connectivity index (χ0) is 23.4. The third-order valence-electron chi connectivity index (χ3n) is 5.03. The second-order valence-corrected chi connectivity index (χ2v) is 7.61. The Morgan fingerprint density at radius 2 is 1.21 bits per heavy atom. The molecule has 0 radical (unpaired) electrons. The summed E-state index contributed by atoms with van der Waals surface area (Å²) in [6, 6.07) is 20.7. The molecule has 4 amide bonds. The van der Waals surface area contributed by atoms with Crippen molar-refractivity contribution in [2.45, 2.75) is 13.8 Å². The Morgan fingerprint density at radius 3 is 1.79 bits per heavy atom. The molecule has 0 aromatic heterocycles. The number of carbonyl (C=O) groups excluding carboxylic acids is 3. The van der Waals surface area contributed by atoms with Crippen LogP contribution in [0.4, 0.5) is 27.5 Å². The fourth-order valence-electron chi connectivity index (χ4n) is 3.15. The molecule has 0 saturated carbocycles. The van der Waals surface area contributed by atoms with Crippen LogP contribution in [0.2, 0.25) is 0 Å². The van der Waals surface area contributed by atoms with Gasteiger partial charge in [-0.25, -0.2) is 9.69 Å². The van der Waals surface area contributed by atoms with Crippen LogP contribution in [0.5, 0.6) is 0 Å². The molecular weight excluding hydrogens is 418 g/mol. The Balaban J connectivity index is 1.47. The molecule has 1 atom stereocenters. The standard InChI is InChI=1S/C25H21N5O3/c1-16-3-7-19(8-4-16)28-29-20-11-9-18(10-12-20)26-15-22-23(31)27-25(33)30(24(22)32)21-13-5-17(2)6-14-21/h3-15,22H,1-2H3,(H,27,31,33)/t22-/m1/s1. The maximum absolute atomic E-state index is 12.9. The van der Waals surface area contributed by atoms with Gasteiger partial charge in [0.25, 0.3) is 5.91 Å². The van der Waals surface area contributed by atoms with E-state index in [9.17, 15) is 14.4 Å². The molecule has 1 saturated heterocycles. The maximum atomic E-state index is 12.9. The SMILES string of the molecule is Cc1ccc(N=Nc2ccc(N=C[C@@H]3C(=O)NC(=O)N(c4ccc(C)cc4)C3=O)cc2)cc1. The van der Waals surface area contributed by atoms with Gasteiger partial charge in [-0.15, -0.1) is 0 Å². The smallest absolute Gasteiger partial charge is 0.276 e. The van der Waals surface area contributed by atoms with E-state index in [1.54, 1.807) is 48.5 Å². The summed E-state index contributed by atoms with van der Waals surface area (Å²) in [5.41, 5.74) is 4.43. The number of anilines is 1. The molecule has 0 spiro atoms. The van der Waals surface area contributed by atoms with Gasteiger partial charge in [0.2, 0.25) is 5.91 Å². The van der Waals surface area contributed by atoms with Crippen molar-refractivity contribution in [3.8, 4) is 0 Å². The summed E-state index contributed by atoms with van der Waals surface area (Å²) in [6.07, 6.45) is 1.24. The van der Waals surface area contributed by atoms with Gasteiger partial charge in [-0.2, -0.15) is 10.2 Å². The van der Waals surface area contributed by atoms with E-state index in [-0.39, 0.29) is 0 Å². The van der Waals surface area contributed by atoms with E-state index in [0.717, 1.165) is 21.7 Å². The quantitative estimate of drug-likeness (QED) is 0.330. The van der Waals surface area contributed by atoms with Gasteiger partial charge < -0.3 is 0 Å². The average molecular weight is 439 g/mol. The van der Waals surface area contributed by atoms with Gasteiger partial charge in [-0.1, -0.05) is 35.4 Å². The van der Waals surface area contributed by atoms with Gasteiger partial charge in [-0.05, 0) is 62.4 Å². The number of azo groups is 1. The van der Waals surface area contributed by atoms with Crippen LogP contribution in [0.3, 0.4) is 0 Å². The number of urea groups is 1. The highest BCUT2D eigenvalue weighted by Gasteiger charge is 2.40. The molecule has 1 aliphatic heterocycles. The number of imide groups is 2. The van der Waals surface area contributed by atoms with Gasteiger partial charge >= 0.3 is 6.03 Å². The molecule has 164 valence electrons. The summed E-state index contributed by atoms with van der Waals surface area (Å²) in [7, 11) is 0. The highest BCUT2D eigenvalue weighted by Crippen LogP contribution is 2.24. The second kappa shape index (κ2) is 9.35. The third kappa shape index (κ3) is 5.07. The lowest BCUT2D eigenvalue weighted by Crippen LogP contribution is -2.58. The molecule has 3 aromatic rings. The summed E-state index contributed by atoms with van der Waals surface area (Å²) < 4.78 is 0. The number of amides is 4. The fraction of sp³-hybridized carbons (Fsp3) is 0.120. The highest BCUT2D eigenvalue weighted by molar-refractivity contribution is 6.32. The van der Waals surface area contributed by atoms with Crippen molar-refractivity contribution in [1.29, 1.82) is 0 Å². The fourth-order valence-corrected chi connectivity index (χ4v) is 3.15. The summed E-state index contributed by atoms with van der Waals surface area (Å²) in [5, 5.41) is 10.6. The van der Waals surface area contributed by atoms with E-state index in [1.807, 2.05) is 38.1 Å². The van der Waals surface area contributed by atoms with E-state index in [0.29, 0.717) is 17.1 Å². The molecule has 0 unspecified atom stereocenters. The lowest BCUT2D eigenvalue weighted by atomic mass is 10.1. The van der Waals surface area contributed by atoms with Crippen molar-refractivity contribution in [2.24, 2.45) is 21.1 Å². The van der Waals surface area contributed by atoms with E-state index in [1.165, 1.54) is 6.21 Å². The summed E-state index contributed by atoms with van der Waals surface area (Å²) in [6.45, 7) is 3.90. The number of nitrogens with one attached hydrogen (secondary N) is 1. The molecule has 1 heterocycles. The van der Waals surface area contributed by atoms with Gasteiger partial charge in [0.1, 0.15) is 0 Å². The van der Waals surface area contributed by atoms with Crippen LogP contribution in [-0.4, -0.2) is 24.1 Å². The highest BCUT2D eigenvalue weighted by atomic mass is 16.2. The lowest BCUT2D eigenvalue weighted by molar-refractivity contribution is -0.131. The Morgan fingerprint density at radius 1 is 0.727 bits per heavy atom. The van der Waals surface area contributed by atoms with Gasteiger partial charge in [0.15, 0.2) is 5.92 Å². The molecule has 3 aromatic carbocycles. The predicted molar refractivity (Wildman–Crippen MR) is 126 cm³/mol. The number of nitrogens with zero attached hydrogens (tertiary/aromatic N) is 4. The van der Waals surface area contributed by atoms with E-state index < -0.39 is 23.8 Å². The number of benzene rings is 3. The first-order valence-electron chi connectivity index (χ1n) is 10.3. The van der Waals surface area contributed by atoms with Crippen molar-refractivity contribution in [3.63, 3.8) is 0 Å². The molecule has 8 heteroatoms. The van der Waals surface area contributed by atoms with Crippen LogP contribution in [0.25, 0.3) is 0 Å². The number of carbonyl (C=O) groups is 3. The van der Waals surface area contributed by atoms with Crippen molar-refractivity contribution in [2.75, 3.05) is 4.90 Å². The van der Waals surface area contributed by atoms with E-state index >= 15 is 0 Å². The number of aliphatic imine (C=N–C) groups is 1. The second-order valence-electron chi connectivity index (χ2n) is 7.61. The topological polar surface area (TPSA) is 104 Å². The van der Waals surface area contributed by atoms with Gasteiger partial charge in [0, 0.05) is 6.21 Å². The number of barbiturate groups is 1. The zero-order valence-electron chi connectivity index (χ0n) is 18.1. The predicted octanol–water partition coefficient (Wildman–Crippen LogP) is 5.32. The first-order valence-corrected chi connectivity index (χ1v) is 10.3. The normalized spacial score (nSPS) is 16.6. The van der Waals surface area contributed by atoms with Crippen molar-refractivity contribution in [3.05, 3.63) is 83.9 Å². The minimum atomic E-state index is -1.22. The molecule has 33 heavy (non-hydrogen) atoms. The summed E-state index contributed by atoms with van der Waals surface area (Å²) >= 11 is 0. The number of aryl methyl sites for hydroxylation is 2. The molecule has 1 N–H and O–H groups in total. The molecule has 1 aliphatic rings. The van der Waals surface area contributed by atoms with Crippen LogP contribution in [0.15, 0.2) is 88.0 Å². The van der Waals surface area contributed by atoms with E-state index in [4.69, 9.17) is 0 Å². The summed E-state index contributed by atoms with van der Waals surface area (Å²) in [5.74, 6) is -2.58. The average Bonchev–Trinajstić information content (AvgIpc) is 2.80. The Hall–Kier alpha value is -4.46. The number of hydrogen-bond donors (Lipinski definition) is 1. The van der Waals surface area contributed by atoms with Crippen molar-refractivity contribution >= 4 is 46.8 Å². The molecule has 4 rings (SSSR count). The van der Waals surface area contributed by atoms with Gasteiger partial charge in [-0.3, -0.25) is 19.9 Å².